The van der Waals surface area contributed by atoms with Crippen molar-refractivity contribution < 1.29 is 14.7 Å². The van der Waals surface area contributed by atoms with E-state index in [9.17, 15) is 9.59 Å². The highest BCUT2D eigenvalue weighted by atomic mass is 35.5. The molecule has 7 nitrogen and oxygen atoms in total. The zero-order valence-electron chi connectivity index (χ0n) is 10.8. The number of nitrogens with zero attached hydrogens (tertiary/aromatic N) is 2. The first-order valence-corrected chi connectivity index (χ1v) is 6.69. The maximum atomic E-state index is 12.0. The van der Waals surface area contributed by atoms with Crippen LogP contribution in [-0.2, 0) is 0 Å². The third-order valence-electron chi connectivity index (χ3n) is 3.13. The molecule has 1 aliphatic carbocycles. The number of halogens is 1. The molecule has 1 amide bonds. The predicted molar refractivity (Wildman–Crippen MR) is 74.7 cm³/mol. The molecule has 0 aliphatic heterocycles. The predicted octanol–water partition coefficient (Wildman–Crippen LogP) is 2.29. The molecule has 0 unspecified atom stereocenters. The van der Waals surface area contributed by atoms with Crippen LogP contribution >= 0.6 is 11.6 Å². The molecule has 21 heavy (non-hydrogen) atoms. The highest BCUT2D eigenvalue weighted by Gasteiger charge is 2.28. The molecule has 2 aromatic rings. The molecule has 8 heteroatoms. The van der Waals surface area contributed by atoms with Gasteiger partial charge in [-0.25, -0.2) is 9.78 Å². The lowest BCUT2D eigenvalue weighted by Crippen LogP contribution is -2.14. The van der Waals surface area contributed by atoms with Crippen LogP contribution in [0.4, 0.5) is 5.69 Å². The normalized spacial score (nSPS) is 14.0. The minimum atomic E-state index is -1.10. The van der Waals surface area contributed by atoms with Gasteiger partial charge in [-0.1, -0.05) is 11.6 Å². The summed E-state index contributed by atoms with van der Waals surface area (Å²) in [7, 11) is 0. The molecule has 0 radical (unpaired) electrons. The number of hydrogen-bond donors (Lipinski definition) is 3. The number of H-pyrrole nitrogens is 1. The summed E-state index contributed by atoms with van der Waals surface area (Å²) in [5.74, 6) is -0.573. The number of amides is 1. The van der Waals surface area contributed by atoms with Crippen LogP contribution in [-0.4, -0.2) is 32.2 Å². The number of aromatic nitrogens is 3. The SMILES string of the molecule is O=C(O)c1ccc(Cl)c(NC(=O)c2n[nH]c(C3CC3)n2)c1. The van der Waals surface area contributed by atoms with Crippen LogP contribution in [0.5, 0.6) is 0 Å². The van der Waals surface area contributed by atoms with Gasteiger partial charge in [0, 0.05) is 5.92 Å². The molecule has 1 aromatic carbocycles. The number of carbonyl (C=O) groups is 2. The van der Waals surface area contributed by atoms with E-state index in [4.69, 9.17) is 16.7 Å². The van der Waals surface area contributed by atoms with E-state index < -0.39 is 11.9 Å². The number of carboxylic acids is 1. The van der Waals surface area contributed by atoms with Crippen LogP contribution in [0.1, 0.15) is 45.6 Å². The molecular formula is C13H11ClN4O3. The zero-order chi connectivity index (χ0) is 15.0. The third kappa shape index (κ3) is 2.87. The molecule has 1 aliphatic rings. The van der Waals surface area contributed by atoms with Crippen molar-refractivity contribution in [1.29, 1.82) is 0 Å². The Kier molecular flexibility index (Phi) is 3.34. The minimum Gasteiger partial charge on any atom is -0.478 e. The van der Waals surface area contributed by atoms with E-state index in [2.05, 4.69) is 20.5 Å². The first-order chi connectivity index (χ1) is 10.0. The van der Waals surface area contributed by atoms with Gasteiger partial charge in [0.25, 0.3) is 5.91 Å². The maximum absolute atomic E-state index is 12.0. The molecule has 0 bridgehead atoms. The molecule has 1 saturated carbocycles. The van der Waals surface area contributed by atoms with Crippen molar-refractivity contribution in [2.75, 3.05) is 5.32 Å². The topological polar surface area (TPSA) is 108 Å². The van der Waals surface area contributed by atoms with Crippen LogP contribution in [0.2, 0.25) is 5.02 Å². The Balaban J connectivity index is 1.79. The third-order valence-corrected chi connectivity index (χ3v) is 3.46. The minimum absolute atomic E-state index is 0.00805. The van der Waals surface area contributed by atoms with Crippen molar-refractivity contribution in [3.63, 3.8) is 0 Å². The summed E-state index contributed by atoms with van der Waals surface area (Å²) < 4.78 is 0. The van der Waals surface area contributed by atoms with Gasteiger partial charge in [0.15, 0.2) is 0 Å². The van der Waals surface area contributed by atoms with Crippen LogP contribution in [0.15, 0.2) is 18.2 Å². The van der Waals surface area contributed by atoms with Crippen molar-refractivity contribution in [1.82, 2.24) is 15.2 Å². The number of carbonyl (C=O) groups excluding carboxylic acids is 1. The Hall–Kier alpha value is -2.41. The summed E-state index contributed by atoms with van der Waals surface area (Å²) in [5.41, 5.74) is 0.239. The number of rotatable bonds is 4. The second kappa shape index (κ2) is 5.17. The summed E-state index contributed by atoms with van der Waals surface area (Å²) >= 11 is 5.94. The molecule has 0 saturated heterocycles. The molecule has 3 rings (SSSR count). The van der Waals surface area contributed by atoms with Gasteiger partial charge in [0.2, 0.25) is 5.82 Å². The number of nitrogens with one attached hydrogen (secondary N) is 2. The van der Waals surface area contributed by atoms with Gasteiger partial charge in [-0.05, 0) is 31.0 Å². The summed E-state index contributed by atoms with van der Waals surface area (Å²) in [6.07, 6.45) is 2.09. The summed E-state index contributed by atoms with van der Waals surface area (Å²) in [6.45, 7) is 0. The van der Waals surface area contributed by atoms with E-state index in [0.29, 0.717) is 11.7 Å². The molecule has 1 heterocycles. The quantitative estimate of drug-likeness (QED) is 0.803. The van der Waals surface area contributed by atoms with Crippen molar-refractivity contribution in [3.8, 4) is 0 Å². The smallest absolute Gasteiger partial charge is 0.335 e. The lowest BCUT2D eigenvalue weighted by atomic mass is 10.2. The lowest BCUT2D eigenvalue weighted by molar-refractivity contribution is 0.0696. The van der Waals surface area contributed by atoms with Gasteiger partial charge < -0.3 is 10.4 Å². The monoisotopic (exact) mass is 306 g/mol. The van der Waals surface area contributed by atoms with Crippen LogP contribution in [0, 0.1) is 0 Å². The van der Waals surface area contributed by atoms with Crippen LogP contribution in [0.3, 0.4) is 0 Å². The van der Waals surface area contributed by atoms with E-state index in [1.807, 2.05) is 0 Å². The summed E-state index contributed by atoms with van der Waals surface area (Å²) in [4.78, 5) is 27.1. The van der Waals surface area contributed by atoms with Crippen molar-refractivity contribution in [2.45, 2.75) is 18.8 Å². The molecule has 108 valence electrons. The maximum Gasteiger partial charge on any atom is 0.335 e. The molecule has 1 fully saturated rings. The highest BCUT2D eigenvalue weighted by Crippen LogP contribution is 2.37. The Labute approximate surface area is 124 Å². The van der Waals surface area contributed by atoms with Crippen molar-refractivity contribution in [2.24, 2.45) is 0 Å². The number of hydrogen-bond acceptors (Lipinski definition) is 4. The van der Waals surface area contributed by atoms with E-state index in [1.54, 1.807) is 0 Å². The summed E-state index contributed by atoms with van der Waals surface area (Å²) in [5, 5.41) is 18.3. The van der Waals surface area contributed by atoms with Gasteiger partial charge in [-0.2, -0.15) is 0 Å². The van der Waals surface area contributed by atoms with E-state index >= 15 is 0 Å². The van der Waals surface area contributed by atoms with E-state index in [1.165, 1.54) is 18.2 Å². The second-order valence-electron chi connectivity index (χ2n) is 4.77. The molecular weight excluding hydrogens is 296 g/mol. The number of carboxylic acid groups (broad SMARTS) is 1. The average molecular weight is 307 g/mol. The Morgan fingerprint density at radius 1 is 1.38 bits per heavy atom. The lowest BCUT2D eigenvalue weighted by Gasteiger charge is -2.06. The second-order valence-corrected chi connectivity index (χ2v) is 5.18. The number of aromatic carboxylic acids is 1. The van der Waals surface area contributed by atoms with Gasteiger partial charge in [0.1, 0.15) is 5.82 Å². The fourth-order valence-electron chi connectivity index (χ4n) is 1.85. The Bertz CT molecular complexity index is 724. The van der Waals surface area contributed by atoms with E-state index in [0.717, 1.165) is 12.8 Å². The fourth-order valence-corrected chi connectivity index (χ4v) is 2.01. The average Bonchev–Trinajstić information content (AvgIpc) is 3.18. The first-order valence-electron chi connectivity index (χ1n) is 6.31. The first kappa shape index (κ1) is 13.6. The standard InChI is InChI=1S/C13H11ClN4O3/c14-8-4-3-7(13(20)21)5-9(8)15-12(19)11-16-10(17-18-11)6-1-2-6/h3-6H,1-2H2,(H,15,19)(H,20,21)(H,16,17,18). The molecule has 3 N–H and O–H groups in total. The van der Waals surface area contributed by atoms with Gasteiger partial charge >= 0.3 is 5.97 Å². The number of benzene rings is 1. The van der Waals surface area contributed by atoms with Crippen molar-refractivity contribution >= 4 is 29.2 Å². The molecule has 0 spiro atoms. The van der Waals surface area contributed by atoms with Gasteiger partial charge in [0.05, 0.1) is 16.3 Å². The highest BCUT2D eigenvalue weighted by molar-refractivity contribution is 6.34. The zero-order valence-corrected chi connectivity index (χ0v) is 11.5. The number of aromatic amines is 1. The Morgan fingerprint density at radius 2 is 2.14 bits per heavy atom. The van der Waals surface area contributed by atoms with Gasteiger partial charge in [-0.3, -0.25) is 9.89 Å². The van der Waals surface area contributed by atoms with Crippen LogP contribution < -0.4 is 5.32 Å². The Morgan fingerprint density at radius 3 is 2.81 bits per heavy atom. The summed E-state index contributed by atoms with van der Waals surface area (Å²) in [6, 6.07) is 4.06. The molecule has 1 aromatic heterocycles. The van der Waals surface area contributed by atoms with E-state index in [-0.39, 0.29) is 22.1 Å². The number of anilines is 1. The fraction of sp³-hybridized carbons (Fsp3) is 0.231. The van der Waals surface area contributed by atoms with Crippen LogP contribution in [0.25, 0.3) is 0 Å². The molecule has 0 atom stereocenters. The largest absolute Gasteiger partial charge is 0.478 e. The van der Waals surface area contributed by atoms with Crippen molar-refractivity contribution in [3.05, 3.63) is 40.4 Å². The van der Waals surface area contributed by atoms with Gasteiger partial charge in [-0.15, -0.1) is 5.10 Å².